The van der Waals surface area contributed by atoms with Crippen LogP contribution in [0.15, 0.2) is 48.8 Å². The molecular formula is C20H18ClN3O4. The molecule has 1 heterocycles. The molecule has 0 saturated heterocycles. The number of rotatable bonds is 6. The summed E-state index contributed by atoms with van der Waals surface area (Å²) in [6.45, 7) is 1.75. The zero-order valence-electron chi connectivity index (χ0n) is 15.3. The maximum atomic E-state index is 12.6. The normalized spacial score (nSPS) is 11.7. The lowest BCUT2D eigenvalue weighted by Gasteiger charge is -2.17. The van der Waals surface area contributed by atoms with E-state index in [1.807, 2.05) is 0 Å². The number of nitrogens with zero attached hydrogens (tertiary/aromatic N) is 2. The van der Waals surface area contributed by atoms with E-state index in [-0.39, 0.29) is 12.0 Å². The second-order valence-corrected chi connectivity index (χ2v) is 6.30. The van der Waals surface area contributed by atoms with Crippen LogP contribution < -0.4 is 10.1 Å². The number of carbonyl (C=O) groups is 2. The zero-order chi connectivity index (χ0) is 20.1. The van der Waals surface area contributed by atoms with Crippen LogP contribution in [0, 0.1) is 0 Å². The number of esters is 1. The highest BCUT2D eigenvalue weighted by Crippen LogP contribution is 2.28. The number of para-hydroxylation sites is 1. The Morgan fingerprint density at radius 3 is 2.71 bits per heavy atom. The number of anilines is 1. The van der Waals surface area contributed by atoms with Crippen molar-refractivity contribution in [2.75, 3.05) is 12.4 Å². The second kappa shape index (κ2) is 8.67. The fraction of sp³-hybridized carbons (Fsp3) is 0.200. The molecule has 0 bridgehead atoms. The molecule has 1 N–H and O–H groups in total. The summed E-state index contributed by atoms with van der Waals surface area (Å²) >= 11 is 5.99. The van der Waals surface area contributed by atoms with Gasteiger partial charge in [-0.2, -0.15) is 0 Å². The predicted octanol–water partition coefficient (Wildman–Crippen LogP) is 3.87. The number of fused-ring (bicyclic) bond motifs is 1. The number of halogens is 1. The molecule has 0 spiro atoms. The summed E-state index contributed by atoms with van der Waals surface area (Å²) in [7, 11) is 1.48. The number of methoxy groups -OCH3 is 1. The highest BCUT2D eigenvalue weighted by atomic mass is 35.5. The SMILES string of the molecule is CCC(OC(=O)c1cccc2nccnc12)C(=O)Nc1cc(Cl)ccc1OC. The van der Waals surface area contributed by atoms with Gasteiger partial charge in [0.25, 0.3) is 5.91 Å². The van der Waals surface area contributed by atoms with Crippen molar-refractivity contribution in [3.05, 3.63) is 59.4 Å². The van der Waals surface area contributed by atoms with Crippen LogP contribution in [0.3, 0.4) is 0 Å². The van der Waals surface area contributed by atoms with Crippen molar-refractivity contribution in [2.24, 2.45) is 0 Å². The van der Waals surface area contributed by atoms with Gasteiger partial charge in [0.2, 0.25) is 0 Å². The largest absolute Gasteiger partial charge is 0.495 e. The van der Waals surface area contributed by atoms with Crippen LogP contribution in [0.25, 0.3) is 11.0 Å². The van der Waals surface area contributed by atoms with Gasteiger partial charge >= 0.3 is 5.97 Å². The minimum absolute atomic E-state index is 0.247. The number of nitrogens with one attached hydrogen (secondary N) is 1. The van der Waals surface area contributed by atoms with Crippen LogP contribution in [-0.4, -0.2) is 35.1 Å². The van der Waals surface area contributed by atoms with Crippen molar-refractivity contribution in [1.82, 2.24) is 9.97 Å². The molecule has 2 aromatic carbocycles. The van der Waals surface area contributed by atoms with E-state index >= 15 is 0 Å². The lowest BCUT2D eigenvalue weighted by Crippen LogP contribution is -2.32. The molecule has 8 heteroatoms. The van der Waals surface area contributed by atoms with Gasteiger partial charge in [-0.15, -0.1) is 0 Å². The number of hydrogen-bond donors (Lipinski definition) is 1. The number of hydrogen-bond acceptors (Lipinski definition) is 6. The smallest absolute Gasteiger partial charge is 0.341 e. The van der Waals surface area contributed by atoms with Crippen LogP contribution in [0.5, 0.6) is 5.75 Å². The van der Waals surface area contributed by atoms with Crippen LogP contribution in [0.4, 0.5) is 5.69 Å². The number of aromatic nitrogens is 2. The summed E-state index contributed by atoms with van der Waals surface area (Å²) in [5.74, 6) is -0.683. The molecule has 1 amide bonds. The van der Waals surface area contributed by atoms with Gasteiger partial charge in [-0.25, -0.2) is 4.79 Å². The Bertz CT molecular complexity index is 1020. The van der Waals surface area contributed by atoms with Crippen LogP contribution in [-0.2, 0) is 9.53 Å². The molecular weight excluding hydrogens is 382 g/mol. The average molecular weight is 400 g/mol. The minimum atomic E-state index is -0.997. The molecule has 1 unspecified atom stereocenters. The van der Waals surface area contributed by atoms with Gasteiger partial charge < -0.3 is 14.8 Å². The van der Waals surface area contributed by atoms with Gasteiger partial charge in [0, 0.05) is 17.4 Å². The van der Waals surface area contributed by atoms with Crippen molar-refractivity contribution in [1.29, 1.82) is 0 Å². The summed E-state index contributed by atoms with van der Waals surface area (Å²) in [5, 5.41) is 3.13. The second-order valence-electron chi connectivity index (χ2n) is 5.87. The number of carbonyl (C=O) groups excluding carboxylic acids is 2. The molecule has 0 aliphatic carbocycles. The summed E-state index contributed by atoms with van der Waals surface area (Å²) in [5.41, 5.74) is 1.63. The summed E-state index contributed by atoms with van der Waals surface area (Å²) in [6, 6.07) is 9.87. The Balaban J connectivity index is 1.79. The third kappa shape index (κ3) is 4.20. The fourth-order valence-corrected chi connectivity index (χ4v) is 2.84. The van der Waals surface area contributed by atoms with Crippen LogP contribution in [0.2, 0.25) is 5.02 Å². The Morgan fingerprint density at radius 1 is 1.18 bits per heavy atom. The first-order valence-electron chi connectivity index (χ1n) is 8.58. The van der Waals surface area contributed by atoms with Gasteiger partial charge in [-0.1, -0.05) is 24.6 Å². The van der Waals surface area contributed by atoms with Crippen molar-refractivity contribution < 1.29 is 19.1 Å². The Morgan fingerprint density at radius 2 is 1.96 bits per heavy atom. The molecule has 0 aliphatic rings. The van der Waals surface area contributed by atoms with Gasteiger partial charge in [-0.05, 0) is 36.8 Å². The lowest BCUT2D eigenvalue weighted by molar-refractivity contribution is -0.124. The van der Waals surface area contributed by atoms with E-state index in [0.29, 0.717) is 27.5 Å². The number of benzene rings is 2. The number of amides is 1. The van der Waals surface area contributed by atoms with E-state index < -0.39 is 18.0 Å². The quantitative estimate of drug-likeness (QED) is 0.633. The van der Waals surface area contributed by atoms with Crippen molar-refractivity contribution in [3.8, 4) is 5.75 Å². The maximum Gasteiger partial charge on any atom is 0.341 e. The first-order valence-corrected chi connectivity index (χ1v) is 8.96. The lowest BCUT2D eigenvalue weighted by atomic mass is 10.1. The summed E-state index contributed by atoms with van der Waals surface area (Å²) in [6.07, 6.45) is 2.33. The van der Waals surface area contributed by atoms with Gasteiger partial charge in [-0.3, -0.25) is 14.8 Å². The van der Waals surface area contributed by atoms with Gasteiger partial charge in [0.05, 0.1) is 23.9 Å². The van der Waals surface area contributed by atoms with Crippen LogP contribution >= 0.6 is 11.6 Å². The van der Waals surface area contributed by atoms with Gasteiger partial charge in [0.15, 0.2) is 6.10 Å². The standard InChI is InChI=1S/C20H18ClN3O4/c1-3-16(19(25)24-15-11-12(21)7-8-17(15)27-2)28-20(26)13-5-4-6-14-18(13)23-10-9-22-14/h4-11,16H,3H2,1-2H3,(H,24,25). The van der Waals surface area contributed by atoms with E-state index in [9.17, 15) is 9.59 Å². The Hall–Kier alpha value is -3.19. The predicted molar refractivity (Wildman–Crippen MR) is 106 cm³/mol. The third-order valence-corrected chi connectivity index (χ3v) is 4.29. The Labute approximate surface area is 166 Å². The molecule has 7 nitrogen and oxygen atoms in total. The molecule has 3 aromatic rings. The average Bonchev–Trinajstić information content (AvgIpc) is 2.71. The molecule has 0 aliphatic heterocycles. The van der Waals surface area contributed by atoms with Crippen molar-refractivity contribution in [2.45, 2.75) is 19.4 Å². The van der Waals surface area contributed by atoms with E-state index in [0.717, 1.165) is 0 Å². The summed E-state index contributed by atoms with van der Waals surface area (Å²) in [4.78, 5) is 33.6. The maximum absolute atomic E-state index is 12.6. The molecule has 28 heavy (non-hydrogen) atoms. The molecule has 144 valence electrons. The highest BCUT2D eigenvalue weighted by Gasteiger charge is 2.24. The fourth-order valence-electron chi connectivity index (χ4n) is 2.66. The first-order chi connectivity index (χ1) is 13.5. The van der Waals surface area contributed by atoms with Crippen molar-refractivity contribution >= 4 is 40.2 Å². The monoisotopic (exact) mass is 399 g/mol. The third-order valence-electron chi connectivity index (χ3n) is 4.05. The molecule has 0 radical (unpaired) electrons. The highest BCUT2D eigenvalue weighted by molar-refractivity contribution is 6.31. The zero-order valence-corrected chi connectivity index (χ0v) is 16.1. The Kier molecular flexibility index (Phi) is 6.06. The van der Waals surface area contributed by atoms with Gasteiger partial charge in [0.1, 0.15) is 11.3 Å². The molecule has 1 aromatic heterocycles. The molecule has 1 atom stereocenters. The topological polar surface area (TPSA) is 90.4 Å². The molecule has 0 saturated carbocycles. The molecule has 3 rings (SSSR count). The van der Waals surface area contributed by atoms with E-state index in [1.54, 1.807) is 43.3 Å². The van der Waals surface area contributed by atoms with E-state index in [2.05, 4.69) is 15.3 Å². The summed E-state index contributed by atoms with van der Waals surface area (Å²) < 4.78 is 10.7. The molecule has 0 fully saturated rings. The van der Waals surface area contributed by atoms with E-state index in [1.165, 1.54) is 19.5 Å². The van der Waals surface area contributed by atoms with Crippen molar-refractivity contribution in [3.63, 3.8) is 0 Å². The number of ether oxygens (including phenoxy) is 2. The van der Waals surface area contributed by atoms with Crippen LogP contribution in [0.1, 0.15) is 23.7 Å². The first kappa shape index (κ1) is 19.6. The van der Waals surface area contributed by atoms with E-state index in [4.69, 9.17) is 21.1 Å². The minimum Gasteiger partial charge on any atom is -0.495 e.